The maximum Gasteiger partial charge on any atom is 0.243 e. The molecule has 0 aliphatic carbocycles. The van der Waals surface area contributed by atoms with Crippen LogP contribution in [-0.2, 0) is 4.79 Å². The van der Waals surface area contributed by atoms with Crippen LogP contribution in [0.15, 0.2) is 40.9 Å². The highest BCUT2D eigenvalue weighted by atomic mass is 79.9. The van der Waals surface area contributed by atoms with Crippen molar-refractivity contribution in [3.8, 4) is 0 Å². The van der Waals surface area contributed by atoms with Crippen LogP contribution in [0.3, 0.4) is 0 Å². The number of amides is 1. The Morgan fingerprint density at radius 3 is 2.48 bits per heavy atom. The lowest BCUT2D eigenvalue weighted by Crippen LogP contribution is -2.22. The highest BCUT2D eigenvalue weighted by molar-refractivity contribution is 9.10. The fraction of sp³-hybridized carbons (Fsp3) is 0.133. The molecule has 0 fully saturated rings. The van der Waals surface area contributed by atoms with Gasteiger partial charge in [0.1, 0.15) is 0 Å². The Balaban J connectivity index is 1.97. The van der Waals surface area contributed by atoms with Crippen LogP contribution in [-0.4, -0.2) is 12.5 Å². The standard InChI is InChI=1S/C15H13BrCl2N2O/c1-9-7-10(5-6-11(9)16)19-8-14(21)20-15-12(17)3-2-4-13(15)18/h2-7,19H,8H2,1H3,(H,20,21). The number of rotatable bonds is 4. The smallest absolute Gasteiger partial charge is 0.243 e. The number of hydrogen-bond donors (Lipinski definition) is 2. The topological polar surface area (TPSA) is 41.1 Å². The zero-order valence-electron chi connectivity index (χ0n) is 11.2. The summed E-state index contributed by atoms with van der Waals surface area (Å²) in [6.07, 6.45) is 0. The molecule has 1 amide bonds. The molecule has 2 aromatic rings. The maximum atomic E-state index is 11.9. The molecule has 2 rings (SSSR count). The van der Waals surface area contributed by atoms with Crippen molar-refractivity contribution >= 4 is 56.4 Å². The second-order valence-corrected chi connectivity index (χ2v) is 6.13. The van der Waals surface area contributed by atoms with E-state index in [0.717, 1.165) is 15.7 Å². The van der Waals surface area contributed by atoms with E-state index in [-0.39, 0.29) is 12.5 Å². The Kier molecular flexibility index (Phi) is 5.51. The predicted octanol–water partition coefficient (Wildman–Crippen LogP) is 5.11. The number of hydrogen-bond acceptors (Lipinski definition) is 2. The first-order valence-corrected chi connectivity index (χ1v) is 7.76. The Bertz CT molecular complexity index is 656. The molecule has 0 bridgehead atoms. The van der Waals surface area contributed by atoms with Crippen molar-refractivity contribution in [3.05, 3.63) is 56.5 Å². The van der Waals surface area contributed by atoms with E-state index >= 15 is 0 Å². The van der Waals surface area contributed by atoms with E-state index in [1.54, 1.807) is 18.2 Å². The molecule has 6 heteroatoms. The number of carbonyl (C=O) groups is 1. The van der Waals surface area contributed by atoms with Crippen LogP contribution in [0.25, 0.3) is 0 Å². The molecule has 3 nitrogen and oxygen atoms in total. The van der Waals surface area contributed by atoms with Gasteiger partial charge in [0, 0.05) is 10.2 Å². The van der Waals surface area contributed by atoms with Gasteiger partial charge in [-0.05, 0) is 42.8 Å². The van der Waals surface area contributed by atoms with E-state index in [4.69, 9.17) is 23.2 Å². The molecular formula is C15H13BrCl2N2O. The van der Waals surface area contributed by atoms with E-state index in [9.17, 15) is 4.79 Å². The normalized spacial score (nSPS) is 10.3. The maximum absolute atomic E-state index is 11.9. The van der Waals surface area contributed by atoms with Gasteiger partial charge in [-0.25, -0.2) is 0 Å². The SMILES string of the molecule is Cc1cc(NCC(=O)Nc2c(Cl)cccc2Cl)ccc1Br. The van der Waals surface area contributed by atoms with Gasteiger partial charge in [-0.3, -0.25) is 4.79 Å². The molecule has 0 atom stereocenters. The van der Waals surface area contributed by atoms with Gasteiger partial charge in [-0.2, -0.15) is 0 Å². The highest BCUT2D eigenvalue weighted by Gasteiger charge is 2.09. The zero-order chi connectivity index (χ0) is 15.4. The van der Waals surface area contributed by atoms with Gasteiger partial charge in [0.15, 0.2) is 0 Å². The summed E-state index contributed by atoms with van der Waals surface area (Å²) in [5.41, 5.74) is 2.39. The average molecular weight is 388 g/mol. The Hall–Kier alpha value is -1.23. The fourth-order valence-electron chi connectivity index (χ4n) is 1.74. The summed E-state index contributed by atoms with van der Waals surface area (Å²) < 4.78 is 1.03. The molecule has 0 heterocycles. The summed E-state index contributed by atoms with van der Waals surface area (Å²) in [5.74, 6) is -0.217. The molecule has 0 spiro atoms. The van der Waals surface area contributed by atoms with Crippen LogP contribution in [0, 0.1) is 6.92 Å². The molecule has 0 saturated heterocycles. The van der Waals surface area contributed by atoms with Crippen molar-refractivity contribution in [1.82, 2.24) is 0 Å². The van der Waals surface area contributed by atoms with Crippen molar-refractivity contribution in [3.63, 3.8) is 0 Å². The van der Waals surface area contributed by atoms with E-state index in [1.807, 2.05) is 25.1 Å². The molecule has 0 saturated carbocycles. The van der Waals surface area contributed by atoms with Crippen LogP contribution in [0.2, 0.25) is 10.0 Å². The van der Waals surface area contributed by atoms with Gasteiger partial charge in [0.2, 0.25) is 5.91 Å². The zero-order valence-corrected chi connectivity index (χ0v) is 14.3. The van der Waals surface area contributed by atoms with Gasteiger partial charge in [-0.1, -0.05) is 45.2 Å². The third-order valence-electron chi connectivity index (χ3n) is 2.84. The minimum Gasteiger partial charge on any atom is -0.376 e. The number of benzene rings is 2. The summed E-state index contributed by atoms with van der Waals surface area (Å²) in [4.78, 5) is 11.9. The Morgan fingerprint density at radius 1 is 1.19 bits per heavy atom. The molecule has 2 N–H and O–H groups in total. The number of aryl methyl sites for hydroxylation is 1. The number of nitrogens with one attached hydrogen (secondary N) is 2. The molecule has 0 aromatic heterocycles. The summed E-state index contributed by atoms with van der Waals surface area (Å²) in [5, 5.41) is 6.58. The largest absolute Gasteiger partial charge is 0.376 e. The number of carbonyl (C=O) groups excluding carboxylic acids is 1. The number of para-hydroxylation sites is 1. The lowest BCUT2D eigenvalue weighted by molar-refractivity contribution is -0.114. The lowest BCUT2D eigenvalue weighted by atomic mass is 10.2. The van der Waals surface area contributed by atoms with E-state index in [1.165, 1.54) is 0 Å². The van der Waals surface area contributed by atoms with Gasteiger partial charge < -0.3 is 10.6 Å². The first-order valence-electron chi connectivity index (χ1n) is 6.21. The minimum absolute atomic E-state index is 0.128. The third-order valence-corrected chi connectivity index (χ3v) is 4.36. The summed E-state index contributed by atoms with van der Waals surface area (Å²) in [7, 11) is 0. The minimum atomic E-state index is -0.217. The monoisotopic (exact) mass is 386 g/mol. The summed E-state index contributed by atoms with van der Waals surface area (Å²) >= 11 is 15.4. The van der Waals surface area contributed by atoms with Crippen molar-refractivity contribution in [1.29, 1.82) is 0 Å². The van der Waals surface area contributed by atoms with Crippen molar-refractivity contribution in [2.75, 3.05) is 17.2 Å². The second-order valence-electron chi connectivity index (χ2n) is 4.46. The van der Waals surface area contributed by atoms with Gasteiger partial charge in [0.25, 0.3) is 0 Å². The first kappa shape index (κ1) is 16.1. The van der Waals surface area contributed by atoms with Gasteiger partial charge >= 0.3 is 0 Å². The van der Waals surface area contributed by atoms with Crippen molar-refractivity contribution < 1.29 is 4.79 Å². The molecule has 2 aromatic carbocycles. The second kappa shape index (κ2) is 7.16. The quantitative estimate of drug-likeness (QED) is 0.764. The molecular weight excluding hydrogens is 375 g/mol. The van der Waals surface area contributed by atoms with E-state index < -0.39 is 0 Å². The number of halogens is 3. The van der Waals surface area contributed by atoms with Crippen molar-refractivity contribution in [2.45, 2.75) is 6.92 Å². The van der Waals surface area contributed by atoms with E-state index in [0.29, 0.717) is 15.7 Å². The van der Waals surface area contributed by atoms with Gasteiger partial charge in [-0.15, -0.1) is 0 Å². The highest BCUT2D eigenvalue weighted by Crippen LogP contribution is 2.29. The molecule has 0 aliphatic heterocycles. The van der Waals surface area contributed by atoms with E-state index in [2.05, 4.69) is 26.6 Å². The fourth-order valence-corrected chi connectivity index (χ4v) is 2.48. The van der Waals surface area contributed by atoms with Gasteiger partial charge in [0.05, 0.1) is 22.3 Å². The van der Waals surface area contributed by atoms with Crippen LogP contribution >= 0.6 is 39.1 Å². The van der Waals surface area contributed by atoms with Crippen LogP contribution in [0.1, 0.15) is 5.56 Å². The molecule has 0 unspecified atom stereocenters. The molecule has 110 valence electrons. The summed E-state index contributed by atoms with van der Waals surface area (Å²) in [6, 6.07) is 10.9. The van der Waals surface area contributed by atoms with Crippen LogP contribution < -0.4 is 10.6 Å². The predicted molar refractivity (Wildman–Crippen MR) is 92.5 cm³/mol. The Labute approximate surface area is 141 Å². The average Bonchev–Trinajstić information content (AvgIpc) is 2.44. The lowest BCUT2D eigenvalue weighted by Gasteiger charge is -2.11. The third kappa shape index (κ3) is 4.37. The first-order chi connectivity index (χ1) is 9.97. The number of anilines is 2. The van der Waals surface area contributed by atoms with Crippen LogP contribution in [0.5, 0.6) is 0 Å². The van der Waals surface area contributed by atoms with Crippen LogP contribution in [0.4, 0.5) is 11.4 Å². The summed E-state index contributed by atoms with van der Waals surface area (Å²) in [6.45, 7) is 2.11. The molecule has 0 aliphatic rings. The molecule has 21 heavy (non-hydrogen) atoms. The molecule has 0 radical (unpaired) electrons. The Morgan fingerprint density at radius 2 is 1.86 bits per heavy atom. The van der Waals surface area contributed by atoms with Crippen molar-refractivity contribution in [2.24, 2.45) is 0 Å².